The van der Waals surface area contributed by atoms with Gasteiger partial charge in [-0.25, -0.2) is 0 Å². The Morgan fingerprint density at radius 1 is 1.21 bits per heavy atom. The fraction of sp³-hybridized carbons (Fsp3) is 0.600. The highest BCUT2D eigenvalue weighted by Crippen LogP contribution is 2.30. The quantitative estimate of drug-likeness (QED) is 0.777. The minimum Gasteiger partial charge on any atom is -0.481 e. The Hall–Kier alpha value is -1.94. The molecule has 0 bridgehead atoms. The van der Waals surface area contributed by atoms with Gasteiger partial charge in [0, 0.05) is 5.92 Å². The Morgan fingerprint density at radius 3 is 2.26 bits per heavy atom. The van der Waals surface area contributed by atoms with E-state index < -0.39 is 5.97 Å². The normalized spacial score (nSPS) is 21.7. The molecule has 4 heteroatoms. The third-order valence-corrected chi connectivity index (χ3v) is 3.47. The van der Waals surface area contributed by atoms with E-state index in [-0.39, 0.29) is 24.3 Å². The fourth-order valence-corrected chi connectivity index (χ4v) is 2.34. The van der Waals surface area contributed by atoms with E-state index in [0.717, 1.165) is 0 Å². The van der Waals surface area contributed by atoms with Crippen LogP contribution < -0.4 is 0 Å². The molecule has 1 fully saturated rings. The van der Waals surface area contributed by atoms with Crippen LogP contribution in [0, 0.1) is 36.0 Å². The van der Waals surface area contributed by atoms with Gasteiger partial charge in [0.1, 0.15) is 0 Å². The van der Waals surface area contributed by atoms with Crippen LogP contribution in [-0.4, -0.2) is 35.0 Å². The van der Waals surface area contributed by atoms with Crippen molar-refractivity contribution in [3.63, 3.8) is 0 Å². The number of aliphatic carboxylic acids is 1. The van der Waals surface area contributed by atoms with Crippen molar-refractivity contribution in [2.75, 3.05) is 13.1 Å². The van der Waals surface area contributed by atoms with E-state index in [0.29, 0.717) is 32.2 Å². The predicted octanol–water partition coefficient (Wildman–Crippen LogP) is 1.36. The molecule has 1 aliphatic carbocycles. The zero-order valence-corrected chi connectivity index (χ0v) is 11.2. The summed E-state index contributed by atoms with van der Waals surface area (Å²) in [5.74, 6) is 6.89. The molecule has 1 aliphatic rings. The summed E-state index contributed by atoms with van der Waals surface area (Å²) in [6.07, 6.45) is 7.63. The predicted molar refractivity (Wildman–Crippen MR) is 71.9 cm³/mol. The second kappa shape index (κ2) is 7.48. The summed E-state index contributed by atoms with van der Waals surface area (Å²) in [6, 6.07) is 0. The maximum Gasteiger partial charge on any atom is 0.306 e. The number of carbonyl (C=O) groups is 2. The largest absolute Gasteiger partial charge is 0.481 e. The number of hydrogen-bond donors (Lipinski definition) is 1. The minimum atomic E-state index is -0.761. The molecule has 0 saturated heterocycles. The first-order valence-corrected chi connectivity index (χ1v) is 6.44. The molecule has 0 aromatic heterocycles. The molecular formula is C15H19NO3. The third kappa shape index (κ3) is 4.34. The first-order chi connectivity index (χ1) is 9.10. The van der Waals surface area contributed by atoms with Gasteiger partial charge in [-0.05, 0) is 32.6 Å². The number of carboxylic acid groups (broad SMARTS) is 1. The molecule has 1 saturated carbocycles. The first kappa shape index (κ1) is 15.1. The zero-order chi connectivity index (χ0) is 14.3. The number of rotatable bonds is 4. The van der Waals surface area contributed by atoms with Crippen molar-refractivity contribution in [3.8, 4) is 24.2 Å². The average Bonchev–Trinajstić information content (AvgIpc) is 2.42. The summed E-state index contributed by atoms with van der Waals surface area (Å²) in [7, 11) is 0. The highest BCUT2D eigenvalue weighted by atomic mass is 16.4. The lowest BCUT2D eigenvalue weighted by Gasteiger charge is -2.29. The smallest absolute Gasteiger partial charge is 0.306 e. The Morgan fingerprint density at radius 2 is 1.79 bits per heavy atom. The maximum atomic E-state index is 12.3. The van der Waals surface area contributed by atoms with Gasteiger partial charge in [0.2, 0.25) is 5.91 Å². The topological polar surface area (TPSA) is 57.6 Å². The van der Waals surface area contributed by atoms with Gasteiger partial charge in [0.25, 0.3) is 0 Å². The molecule has 0 radical (unpaired) electrons. The molecule has 0 atom stereocenters. The molecule has 1 N–H and O–H groups in total. The van der Waals surface area contributed by atoms with E-state index in [1.54, 1.807) is 11.8 Å². The van der Waals surface area contributed by atoms with Crippen LogP contribution in [0.15, 0.2) is 0 Å². The highest BCUT2D eigenvalue weighted by molar-refractivity contribution is 5.80. The fourth-order valence-electron chi connectivity index (χ4n) is 2.34. The second-order valence-electron chi connectivity index (χ2n) is 4.71. The van der Waals surface area contributed by atoms with E-state index in [4.69, 9.17) is 11.5 Å². The molecule has 0 spiro atoms. The van der Waals surface area contributed by atoms with Gasteiger partial charge in [0.15, 0.2) is 0 Å². The standard InChI is InChI=1S/C15H19NO3/c1-3-5-11-16(10-4-2)14(17)12-6-8-13(9-7-12)15(18)19/h2,12-13H,6-11H2,1H3,(H,18,19). The number of nitrogens with zero attached hydrogens (tertiary/aromatic N) is 1. The summed E-state index contributed by atoms with van der Waals surface area (Å²) in [6.45, 7) is 2.32. The van der Waals surface area contributed by atoms with Gasteiger partial charge < -0.3 is 10.0 Å². The summed E-state index contributed by atoms with van der Waals surface area (Å²) in [5, 5.41) is 8.93. The average molecular weight is 261 g/mol. The summed E-state index contributed by atoms with van der Waals surface area (Å²) in [4.78, 5) is 24.7. The van der Waals surface area contributed by atoms with E-state index in [2.05, 4.69) is 17.8 Å². The molecule has 4 nitrogen and oxygen atoms in total. The molecule has 1 rings (SSSR count). The number of amides is 1. The van der Waals surface area contributed by atoms with Crippen LogP contribution in [-0.2, 0) is 9.59 Å². The van der Waals surface area contributed by atoms with Crippen LogP contribution in [0.25, 0.3) is 0 Å². The lowest BCUT2D eigenvalue weighted by atomic mass is 9.81. The number of terminal acetylenes is 1. The molecule has 0 aliphatic heterocycles. The Bertz CT molecular complexity index is 431. The van der Waals surface area contributed by atoms with Crippen LogP contribution in [0.1, 0.15) is 32.6 Å². The second-order valence-corrected chi connectivity index (χ2v) is 4.71. The lowest BCUT2D eigenvalue weighted by molar-refractivity contribution is -0.145. The van der Waals surface area contributed by atoms with Crippen molar-refractivity contribution in [1.29, 1.82) is 0 Å². The van der Waals surface area contributed by atoms with Gasteiger partial charge in [-0.2, -0.15) is 0 Å². The summed E-state index contributed by atoms with van der Waals surface area (Å²) >= 11 is 0. The first-order valence-electron chi connectivity index (χ1n) is 6.44. The molecule has 0 aromatic rings. The van der Waals surface area contributed by atoms with Crippen molar-refractivity contribution in [3.05, 3.63) is 0 Å². The molecule has 19 heavy (non-hydrogen) atoms. The van der Waals surface area contributed by atoms with Crippen molar-refractivity contribution >= 4 is 11.9 Å². The molecule has 0 aromatic carbocycles. The van der Waals surface area contributed by atoms with E-state index >= 15 is 0 Å². The van der Waals surface area contributed by atoms with Gasteiger partial charge in [-0.3, -0.25) is 9.59 Å². The molecule has 1 amide bonds. The van der Waals surface area contributed by atoms with Gasteiger partial charge in [0.05, 0.1) is 19.0 Å². The van der Waals surface area contributed by atoms with Crippen LogP contribution in [0.2, 0.25) is 0 Å². The maximum absolute atomic E-state index is 12.3. The van der Waals surface area contributed by atoms with Gasteiger partial charge >= 0.3 is 5.97 Å². The summed E-state index contributed by atoms with van der Waals surface area (Å²) in [5.41, 5.74) is 0. The molecule has 0 heterocycles. The van der Waals surface area contributed by atoms with Crippen LogP contribution in [0.4, 0.5) is 0 Å². The Kier molecular flexibility index (Phi) is 5.96. The zero-order valence-electron chi connectivity index (χ0n) is 11.2. The molecule has 102 valence electrons. The molecular weight excluding hydrogens is 242 g/mol. The van der Waals surface area contributed by atoms with Crippen molar-refractivity contribution in [1.82, 2.24) is 4.90 Å². The third-order valence-electron chi connectivity index (χ3n) is 3.47. The SMILES string of the molecule is C#CCN(CC#CC)C(=O)C1CCC(C(=O)O)CC1. The lowest BCUT2D eigenvalue weighted by Crippen LogP contribution is -2.38. The number of carbonyl (C=O) groups excluding carboxylic acids is 1. The van der Waals surface area contributed by atoms with Crippen molar-refractivity contribution in [2.45, 2.75) is 32.6 Å². The Balaban J connectivity index is 2.58. The monoisotopic (exact) mass is 261 g/mol. The minimum absolute atomic E-state index is 0.00420. The van der Waals surface area contributed by atoms with Crippen molar-refractivity contribution in [2.24, 2.45) is 11.8 Å². The van der Waals surface area contributed by atoms with Gasteiger partial charge in [-0.1, -0.05) is 11.8 Å². The van der Waals surface area contributed by atoms with E-state index in [1.165, 1.54) is 0 Å². The van der Waals surface area contributed by atoms with Crippen LogP contribution >= 0.6 is 0 Å². The summed E-state index contributed by atoms with van der Waals surface area (Å²) < 4.78 is 0. The number of carboxylic acids is 1. The van der Waals surface area contributed by atoms with Crippen molar-refractivity contribution < 1.29 is 14.7 Å². The van der Waals surface area contributed by atoms with E-state index in [1.807, 2.05) is 0 Å². The highest BCUT2D eigenvalue weighted by Gasteiger charge is 2.31. The van der Waals surface area contributed by atoms with Gasteiger partial charge in [-0.15, -0.1) is 12.3 Å². The number of hydrogen-bond acceptors (Lipinski definition) is 2. The van der Waals surface area contributed by atoms with Crippen LogP contribution in [0.3, 0.4) is 0 Å². The van der Waals surface area contributed by atoms with E-state index in [9.17, 15) is 9.59 Å². The molecule has 0 unspecified atom stereocenters. The Labute approximate surface area is 114 Å². The van der Waals surface area contributed by atoms with Crippen LogP contribution in [0.5, 0.6) is 0 Å².